The van der Waals surface area contributed by atoms with Crippen LogP contribution in [0, 0.1) is 23.3 Å². The van der Waals surface area contributed by atoms with E-state index in [4.69, 9.17) is 16.3 Å². The first-order valence-corrected chi connectivity index (χ1v) is 9.99. The van der Waals surface area contributed by atoms with E-state index >= 15 is 0 Å². The second kappa shape index (κ2) is 9.04. The topological polar surface area (TPSA) is 22.1 Å². The molecule has 0 radical (unpaired) electrons. The van der Waals surface area contributed by atoms with Crippen LogP contribution in [0.25, 0.3) is 11.3 Å². The van der Waals surface area contributed by atoms with E-state index in [1.165, 1.54) is 0 Å². The van der Waals surface area contributed by atoms with Crippen LogP contribution in [-0.4, -0.2) is 4.37 Å². The highest BCUT2D eigenvalue weighted by molar-refractivity contribution is 7.06. The smallest absolute Gasteiger partial charge is 0.427 e. The van der Waals surface area contributed by atoms with Gasteiger partial charge in [0.25, 0.3) is 0 Å². The third kappa shape index (κ3) is 4.95. The first-order chi connectivity index (χ1) is 14.5. The number of hydrogen-bond acceptors (Lipinski definition) is 3. The predicted molar refractivity (Wildman–Crippen MR) is 102 cm³/mol. The largest absolute Gasteiger partial charge is 0.483 e. The second-order valence-corrected chi connectivity index (χ2v) is 7.72. The summed E-state index contributed by atoms with van der Waals surface area (Å²) in [5.41, 5.74) is -1.94. The molecule has 31 heavy (non-hydrogen) atoms. The molecule has 0 unspecified atom stereocenters. The molecule has 2 nitrogen and oxygen atoms in total. The van der Waals surface area contributed by atoms with Crippen LogP contribution in [0.2, 0.25) is 5.02 Å². The molecule has 1 heterocycles. The van der Waals surface area contributed by atoms with Crippen LogP contribution >= 0.6 is 23.1 Å². The Morgan fingerprint density at radius 1 is 0.968 bits per heavy atom. The Kier molecular flexibility index (Phi) is 6.80. The molecule has 3 aromatic rings. The minimum atomic E-state index is -4.93. The first-order valence-electron chi connectivity index (χ1n) is 8.84. The zero-order valence-corrected chi connectivity index (χ0v) is 17.3. The fraction of sp³-hybridized carbons (Fsp3) is 0.250. The molecule has 0 amide bonds. The number of nitrogens with zero attached hydrogens (tertiary/aromatic N) is 1. The molecule has 0 aliphatic rings. The molecule has 3 rings (SSSR count). The van der Waals surface area contributed by atoms with Gasteiger partial charge in [0, 0.05) is 10.6 Å². The molecule has 166 valence electrons. The Hall–Kier alpha value is -2.33. The second-order valence-electron chi connectivity index (χ2n) is 6.51. The van der Waals surface area contributed by atoms with Crippen LogP contribution in [-0.2, 0) is 19.2 Å². The van der Waals surface area contributed by atoms with Crippen molar-refractivity contribution in [2.75, 3.05) is 0 Å². The van der Waals surface area contributed by atoms with Crippen molar-refractivity contribution in [1.82, 2.24) is 4.37 Å². The molecule has 0 N–H and O–H groups in total. The SMILES string of the molecule is CCCc1cc(F)c(OCc2c(-c3c(F)cc(Cl)cc3F)nsc2C(F)(F)F)c(F)c1. The van der Waals surface area contributed by atoms with Crippen molar-refractivity contribution in [3.05, 3.63) is 68.6 Å². The van der Waals surface area contributed by atoms with E-state index in [1.807, 2.05) is 0 Å². The van der Waals surface area contributed by atoms with Gasteiger partial charge in [-0.05, 0) is 47.8 Å². The molecule has 0 spiro atoms. The number of aryl methyl sites for hydroxylation is 1. The minimum Gasteiger partial charge on any atom is -0.483 e. The highest BCUT2D eigenvalue weighted by atomic mass is 35.5. The van der Waals surface area contributed by atoms with Crippen LogP contribution < -0.4 is 4.74 Å². The summed E-state index contributed by atoms with van der Waals surface area (Å²) in [5, 5.41) is -0.306. The lowest BCUT2D eigenvalue weighted by Gasteiger charge is -2.13. The van der Waals surface area contributed by atoms with Gasteiger partial charge in [-0.2, -0.15) is 17.5 Å². The normalized spacial score (nSPS) is 11.8. The average Bonchev–Trinajstić information content (AvgIpc) is 3.04. The third-order valence-electron chi connectivity index (χ3n) is 4.25. The summed E-state index contributed by atoms with van der Waals surface area (Å²) in [7, 11) is 0. The predicted octanol–water partition coefficient (Wildman–Crippen LogP) is 7.57. The van der Waals surface area contributed by atoms with E-state index in [1.54, 1.807) is 6.92 Å². The van der Waals surface area contributed by atoms with Gasteiger partial charge in [0.15, 0.2) is 17.4 Å². The van der Waals surface area contributed by atoms with E-state index in [-0.39, 0.29) is 16.6 Å². The summed E-state index contributed by atoms with van der Waals surface area (Å²) in [4.78, 5) is -1.31. The molecule has 0 atom stereocenters. The lowest BCUT2D eigenvalue weighted by Crippen LogP contribution is -2.10. The first kappa shape index (κ1) is 23.3. The molecule has 0 aliphatic heterocycles. The molecule has 0 bridgehead atoms. The maximum Gasteiger partial charge on any atom is 0.427 e. The minimum absolute atomic E-state index is 0.0567. The fourth-order valence-corrected chi connectivity index (χ4v) is 3.90. The number of benzene rings is 2. The Labute approximate surface area is 181 Å². The zero-order valence-electron chi connectivity index (χ0n) is 15.7. The number of ether oxygens (including phenoxy) is 1. The quantitative estimate of drug-likeness (QED) is 0.337. The van der Waals surface area contributed by atoms with Gasteiger partial charge < -0.3 is 4.74 Å². The number of alkyl halides is 3. The molecule has 11 heteroatoms. The molecular formula is C20H13ClF7NOS. The van der Waals surface area contributed by atoms with Gasteiger partial charge in [-0.1, -0.05) is 24.9 Å². The lowest BCUT2D eigenvalue weighted by molar-refractivity contribution is -0.135. The summed E-state index contributed by atoms with van der Waals surface area (Å²) in [6, 6.07) is 3.45. The Balaban J connectivity index is 2.05. The van der Waals surface area contributed by atoms with E-state index in [0.29, 0.717) is 30.5 Å². The molecule has 0 fully saturated rings. The van der Waals surface area contributed by atoms with Crippen LogP contribution in [0.15, 0.2) is 24.3 Å². The van der Waals surface area contributed by atoms with Gasteiger partial charge in [-0.3, -0.25) is 0 Å². The summed E-state index contributed by atoms with van der Waals surface area (Å²) >= 11 is 5.50. The van der Waals surface area contributed by atoms with Crippen molar-refractivity contribution in [2.24, 2.45) is 0 Å². The van der Waals surface area contributed by atoms with Gasteiger partial charge in [-0.15, -0.1) is 0 Å². The van der Waals surface area contributed by atoms with E-state index in [2.05, 4.69) is 4.37 Å². The van der Waals surface area contributed by atoms with Crippen molar-refractivity contribution in [2.45, 2.75) is 32.5 Å². The van der Waals surface area contributed by atoms with Crippen molar-refractivity contribution in [3.63, 3.8) is 0 Å². The fourth-order valence-electron chi connectivity index (χ4n) is 2.96. The lowest BCUT2D eigenvalue weighted by atomic mass is 10.0. The molecule has 1 aromatic heterocycles. The van der Waals surface area contributed by atoms with Crippen LogP contribution in [0.1, 0.15) is 29.3 Å². The van der Waals surface area contributed by atoms with Crippen LogP contribution in [0.3, 0.4) is 0 Å². The zero-order chi connectivity index (χ0) is 22.9. The number of aromatic nitrogens is 1. The Bertz CT molecular complexity index is 1070. The van der Waals surface area contributed by atoms with Crippen molar-refractivity contribution < 1.29 is 35.5 Å². The maximum absolute atomic E-state index is 14.3. The average molecular weight is 484 g/mol. The Morgan fingerprint density at radius 3 is 2.06 bits per heavy atom. The maximum atomic E-state index is 14.3. The molecule has 2 aromatic carbocycles. The Morgan fingerprint density at radius 2 is 1.55 bits per heavy atom. The van der Waals surface area contributed by atoms with E-state index in [0.717, 1.165) is 12.1 Å². The van der Waals surface area contributed by atoms with E-state index in [9.17, 15) is 30.7 Å². The monoisotopic (exact) mass is 483 g/mol. The summed E-state index contributed by atoms with van der Waals surface area (Å²) in [6.45, 7) is 0.780. The van der Waals surface area contributed by atoms with E-state index < -0.39 is 63.5 Å². The molecule has 0 aliphatic carbocycles. The summed E-state index contributed by atoms with van der Waals surface area (Å²) in [6.07, 6.45) is -3.92. The number of hydrogen-bond donors (Lipinski definition) is 0. The highest BCUT2D eigenvalue weighted by Gasteiger charge is 2.39. The molecule has 0 saturated carbocycles. The van der Waals surface area contributed by atoms with Crippen molar-refractivity contribution in [1.29, 1.82) is 0 Å². The van der Waals surface area contributed by atoms with Gasteiger partial charge in [0.2, 0.25) is 0 Å². The summed E-state index contributed by atoms with van der Waals surface area (Å²) < 4.78 is 106. The molecular weight excluding hydrogens is 471 g/mol. The van der Waals surface area contributed by atoms with Crippen molar-refractivity contribution in [3.8, 4) is 17.0 Å². The highest BCUT2D eigenvalue weighted by Crippen LogP contribution is 2.42. The van der Waals surface area contributed by atoms with Gasteiger partial charge in [-0.25, -0.2) is 17.6 Å². The van der Waals surface area contributed by atoms with Crippen molar-refractivity contribution >= 4 is 23.1 Å². The van der Waals surface area contributed by atoms with Gasteiger partial charge in [0.05, 0.1) is 11.3 Å². The molecule has 0 saturated heterocycles. The standard InChI is InChI=1S/C20H13ClF7NOS/c1-2-3-9-4-14(24)18(15(25)5-9)30-8-11-17(29-31-19(11)20(26,27)28)16-12(22)6-10(21)7-13(16)23/h4-7H,2-3,8H2,1H3. The van der Waals surface area contributed by atoms with Crippen LogP contribution in [0.5, 0.6) is 5.75 Å². The van der Waals surface area contributed by atoms with Gasteiger partial charge in [0.1, 0.15) is 23.1 Å². The van der Waals surface area contributed by atoms with Gasteiger partial charge >= 0.3 is 6.18 Å². The number of halogens is 8. The van der Waals surface area contributed by atoms with Crippen LogP contribution in [0.4, 0.5) is 30.7 Å². The number of rotatable bonds is 6. The third-order valence-corrected chi connectivity index (χ3v) is 5.40. The summed E-state index contributed by atoms with van der Waals surface area (Å²) in [5.74, 6) is -5.60.